The molecule has 1 atom stereocenters. The van der Waals surface area contributed by atoms with Crippen molar-refractivity contribution in [2.45, 2.75) is 30.3 Å². The molecule has 1 fully saturated rings. The summed E-state index contributed by atoms with van der Waals surface area (Å²) in [5.74, 6) is -0.459. The smallest absolute Gasteiger partial charge is 0.240 e. The predicted molar refractivity (Wildman–Crippen MR) is 64.9 cm³/mol. The molecule has 1 aliphatic carbocycles. The lowest BCUT2D eigenvalue weighted by Gasteiger charge is -2.23. The third-order valence-corrected chi connectivity index (χ3v) is 4.58. The van der Waals surface area contributed by atoms with Crippen molar-refractivity contribution in [3.8, 4) is 0 Å². The van der Waals surface area contributed by atoms with Crippen molar-refractivity contribution < 1.29 is 17.9 Å². The van der Waals surface area contributed by atoms with Gasteiger partial charge in [-0.1, -0.05) is 6.07 Å². The molecule has 0 amide bonds. The van der Waals surface area contributed by atoms with Crippen LogP contribution in [0.5, 0.6) is 0 Å². The van der Waals surface area contributed by atoms with Crippen molar-refractivity contribution in [1.29, 1.82) is 0 Å². The average molecular weight is 273 g/mol. The summed E-state index contributed by atoms with van der Waals surface area (Å²) in [7, 11) is -3.77. The first-order chi connectivity index (χ1) is 8.31. The normalized spacial score (nSPS) is 19.5. The zero-order valence-corrected chi connectivity index (χ0v) is 10.9. The van der Waals surface area contributed by atoms with Crippen LogP contribution in [0.4, 0.5) is 4.39 Å². The summed E-state index contributed by atoms with van der Waals surface area (Å²) < 4.78 is 39.1. The van der Waals surface area contributed by atoms with Crippen molar-refractivity contribution in [2.24, 2.45) is 5.92 Å². The number of rotatable bonds is 5. The summed E-state index contributed by atoms with van der Waals surface area (Å²) in [6.45, 7) is 1.55. The molecule has 1 aliphatic rings. The fourth-order valence-electron chi connectivity index (χ4n) is 1.81. The molecule has 1 aromatic rings. The highest BCUT2D eigenvalue weighted by Crippen LogP contribution is 2.39. The van der Waals surface area contributed by atoms with Crippen LogP contribution in [0.3, 0.4) is 0 Å². The molecule has 0 aliphatic heterocycles. The summed E-state index contributed by atoms with van der Waals surface area (Å²) in [6.07, 6.45) is 1.82. The maximum atomic E-state index is 13.0. The molecule has 2 N–H and O–H groups in total. The van der Waals surface area contributed by atoms with Gasteiger partial charge in [0.25, 0.3) is 0 Å². The van der Waals surface area contributed by atoms with Gasteiger partial charge in [-0.15, -0.1) is 0 Å². The summed E-state index contributed by atoms with van der Waals surface area (Å²) in [5.41, 5.74) is -1.04. The van der Waals surface area contributed by atoms with E-state index in [9.17, 15) is 17.9 Å². The van der Waals surface area contributed by atoms with Crippen LogP contribution in [0.15, 0.2) is 29.2 Å². The largest absolute Gasteiger partial charge is 0.389 e. The Morgan fingerprint density at radius 3 is 2.72 bits per heavy atom. The zero-order valence-electron chi connectivity index (χ0n) is 10.1. The summed E-state index contributed by atoms with van der Waals surface area (Å²) >= 11 is 0. The van der Waals surface area contributed by atoms with Gasteiger partial charge in [0.1, 0.15) is 5.82 Å². The molecule has 0 heterocycles. The Balaban J connectivity index is 2.08. The van der Waals surface area contributed by atoms with Crippen LogP contribution in [-0.2, 0) is 10.0 Å². The Hall–Kier alpha value is -0.980. The maximum Gasteiger partial charge on any atom is 0.240 e. The Kier molecular flexibility index (Phi) is 3.44. The molecule has 1 aromatic carbocycles. The first kappa shape index (κ1) is 13.5. The molecule has 2 rings (SSSR count). The van der Waals surface area contributed by atoms with E-state index in [1.807, 2.05) is 0 Å². The van der Waals surface area contributed by atoms with Crippen LogP contribution >= 0.6 is 0 Å². The van der Waals surface area contributed by atoms with E-state index < -0.39 is 21.4 Å². The molecule has 6 heteroatoms. The van der Waals surface area contributed by atoms with E-state index in [0.717, 1.165) is 18.9 Å². The van der Waals surface area contributed by atoms with Gasteiger partial charge in [-0.2, -0.15) is 0 Å². The van der Waals surface area contributed by atoms with E-state index in [0.29, 0.717) is 0 Å². The van der Waals surface area contributed by atoms with Crippen molar-refractivity contribution >= 4 is 10.0 Å². The van der Waals surface area contributed by atoms with E-state index in [1.165, 1.54) is 18.2 Å². The highest BCUT2D eigenvalue weighted by atomic mass is 32.2. The van der Waals surface area contributed by atoms with Gasteiger partial charge in [-0.05, 0) is 43.9 Å². The fourth-order valence-corrected chi connectivity index (χ4v) is 2.98. The van der Waals surface area contributed by atoms with Gasteiger partial charge in [-0.25, -0.2) is 17.5 Å². The molecule has 0 aromatic heterocycles. The molecule has 0 bridgehead atoms. The monoisotopic (exact) mass is 273 g/mol. The minimum atomic E-state index is -3.77. The average Bonchev–Trinajstić information content (AvgIpc) is 3.11. The number of sulfonamides is 1. The Bertz CT molecular complexity index is 538. The fraction of sp³-hybridized carbons (Fsp3) is 0.500. The van der Waals surface area contributed by atoms with Gasteiger partial charge in [-0.3, -0.25) is 0 Å². The molecule has 0 spiro atoms. The zero-order chi connectivity index (χ0) is 13.4. The second-order valence-electron chi connectivity index (χ2n) is 4.91. The first-order valence-corrected chi connectivity index (χ1v) is 7.27. The van der Waals surface area contributed by atoms with Crippen molar-refractivity contribution in [3.05, 3.63) is 30.1 Å². The Morgan fingerprint density at radius 2 is 2.17 bits per heavy atom. The quantitative estimate of drug-likeness (QED) is 0.849. The van der Waals surface area contributed by atoms with E-state index in [-0.39, 0.29) is 17.4 Å². The van der Waals surface area contributed by atoms with E-state index in [4.69, 9.17) is 0 Å². The molecule has 18 heavy (non-hydrogen) atoms. The standard InChI is InChI=1S/C12H16FNO3S/c1-12(15,9-5-6-9)8-14-18(16,17)11-4-2-3-10(13)7-11/h2-4,7,9,14-15H,5-6,8H2,1H3/t12-/m1/s1. The molecular formula is C12H16FNO3S. The molecule has 0 saturated heterocycles. The van der Waals surface area contributed by atoms with Gasteiger partial charge < -0.3 is 5.11 Å². The Morgan fingerprint density at radius 1 is 1.50 bits per heavy atom. The van der Waals surface area contributed by atoms with Crippen molar-refractivity contribution in [2.75, 3.05) is 6.54 Å². The maximum absolute atomic E-state index is 13.0. The molecule has 1 saturated carbocycles. The van der Waals surface area contributed by atoms with E-state index in [1.54, 1.807) is 6.92 Å². The second kappa shape index (κ2) is 4.60. The van der Waals surface area contributed by atoms with Crippen LogP contribution in [0.25, 0.3) is 0 Å². The lowest BCUT2D eigenvalue weighted by Crippen LogP contribution is -2.42. The van der Waals surface area contributed by atoms with Crippen LogP contribution in [0.2, 0.25) is 0 Å². The third-order valence-electron chi connectivity index (χ3n) is 3.18. The van der Waals surface area contributed by atoms with Crippen LogP contribution in [-0.4, -0.2) is 25.7 Å². The number of aliphatic hydroxyl groups is 1. The summed E-state index contributed by atoms with van der Waals surface area (Å²) in [4.78, 5) is -0.130. The second-order valence-corrected chi connectivity index (χ2v) is 6.68. The number of benzene rings is 1. The highest BCUT2D eigenvalue weighted by Gasteiger charge is 2.40. The van der Waals surface area contributed by atoms with Gasteiger partial charge in [0.15, 0.2) is 0 Å². The lowest BCUT2D eigenvalue weighted by atomic mass is 10.0. The molecular weight excluding hydrogens is 257 g/mol. The van der Waals surface area contributed by atoms with Gasteiger partial charge in [0.05, 0.1) is 10.5 Å². The first-order valence-electron chi connectivity index (χ1n) is 5.79. The van der Waals surface area contributed by atoms with Crippen molar-refractivity contribution in [1.82, 2.24) is 4.72 Å². The lowest BCUT2D eigenvalue weighted by molar-refractivity contribution is 0.0422. The highest BCUT2D eigenvalue weighted by molar-refractivity contribution is 7.89. The van der Waals surface area contributed by atoms with Gasteiger partial charge in [0.2, 0.25) is 10.0 Å². The van der Waals surface area contributed by atoms with E-state index >= 15 is 0 Å². The van der Waals surface area contributed by atoms with Gasteiger partial charge in [0, 0.05) is 6.54 Å². The number of hydrogen-bond acceptors (Lipinski definition) is 3. The van der Waals surface area contributed by atoms with E-state index in [2.05, 4.69) is 4.72 Å². The number of nitrogens with one attached hydrogen (secondary N) is 1. The van der Waals surface area contributed by atoms with Crippen LogP contribution in [0.1, 0.15) is 19.8 Å². The molecule has 0 unspecified atom stereocenters. The topological polar surface area (TPSA) is 66.4 Å². The predicted octanol–water partition coefficient (Wildman–Crippen LogP) is 1.27. The number of halogens is 1. The SMILES string of the molecule is C[C@@](O)(CNS(=O)(=O)c1cccc(F)c1)C1CC1. The number of hydrogen-bond donors (Lipinski definition) is 2. The van der Waals surface area contributed by atoms with Crippen LogP contribution in [0, 0.1) is 11.7 Å². The summed E-state index contributed by atoms with van der Waals surface area (Å²) in [5, 5.41) is 10.0. The van der Waals surface area contributed by atoms with Crippen molar-refractivity contribution in [3.63, 3.8) is 0 Å². The van der Waals surface area contributed by atoms with Gasteiger partial charge >= 0.3 is 0 Å². The molecule has 100 valence electrons. The minimum Gasteiger partial charge on any atom is -0.389 e. The molecule has 4 nitrogen and oxygen atoms in total. The summed E-state index contributed by atoms with van der Waals surface area (Å²) in [6, 6.07) is 4.79. The minimum absolute atomic E-state index is 0.0590. The third kappa shape index (κ3) is 3.07. The Labute approximate surface area is 106 Å². The molecule has 0 radical (unpaired) electrons. The van der Waals surface area contributed by atoms with Crippen LogP contribution < -0.4 is 4.72 Å².